The Balaban J connectivity index is 1.78. The van der Waals surface area contributed by atoms with Crippen molar-refractivity contribution in [3.8, 4) is 0 Å². The van der Waals surface area contributed by atoms with Crippen LogP contribution in [0, 0.1) is 17.5 Å². The molecule has 0 saturated heterocycles. The summed E-state index contributed by atoms with van der Waals surface area (Å²) in [5.74, 6) is -5.14. The van der Waals surface area contributed by atoms with Crippen LogP contribution in [0.4, 0.5) is 37.8 Å². The molecule has 1 aromatic heterocycles. The van der Waals surface area contributed by atoms with Gasteiger partial charge in [0.2, 0.25) is 0 Å². The van der Waals surface area contributed by atoms with Gasteiger partial charge >= 0.3 is 6.18 Å². The zero-order valence-electron chi connectivity index (χ0n) is 15.0. The average molecular weight is 425 g/mol. The minimum atomic E-state index is -4.57. The summed E-state index contributed by atoms with van der Waals surface area (Å²) >= 11 is 0. The van der Waals surface area contributed by atoms with E-state index in [1.807, 2.05) is 0 Å². The lowest BCUT2D eigenvalue weighted by molar-refractivity contribution is -0.137. The van der Waals surface area contributed by atoms with Gasteiger partial charge in [-0.2, -0.15) is 13.2 Å². The predicted molar refractivity (Wildman–Crippen MR) is 97.3 cm³/mol. The van der Waals surface area contributed by atoms with Crippen molar-refractivity contribution in [2.45, 2.75) is 12.7 Å². The number of hydrogen-bond acceptors (Lipinski definition) is 3. The highest BCUT2D eigenvalue weighted by atomic mass is 19.4. The van der Waals surface area contributed by atoms with E-state index in [4.69, 9.17) is 0 Å². The summed E-state index contributed by atoms with van der Waals surface area (Å²) in [6, 6.07) is 8.63. The van der Waals surface area contributed by atoms with Crippen LogP contribution in [0.5, 0.6) is 0 Å². The van der Waals surface area contributed by atoms with Crippen LogP contribution in [0.15, 0.2) is 54.7 Å². The van der Waals surface area contributed by atoms with Crippen LogP contribution in [0.3, 0.4) is 0 Å². The third-order valence-electron chi connectivity index (χ3n) is 4.06. The van der Waals surface area contributed by atoms with E-state index in [1.165, 1.54) is 24.4 Å². The predicted octanol–water partition coefficient (Wildman–Crippen LogP) is 5.38. The number of pyridine rings is 1. The summed E-state index contributed by atoms with van der Waals surface area (Å²) in [6.07, 6.45) is -3.25. The molecule has 1 amide bonds. The van der Waals surface area contributed by atoms with Crippen molar-refractivity contribution in [1.82, 2.24) is 4.98 Å². The molecule has 30 heavy (non-hydrogen) atoms. The first-order valence-corrected chi connectivity index (χ1v) is 8.46. The summed E-state index contributed by atoms with van der Waals surface area (Å²) in [7, 11) is 0. The molecular formula is C20H13F6N3O. The van der Waals surface area contributed by atoms with Crippen molar-refractivity contribution < 1.29 is 31.1 Å². The maximum atomic E-state index is 13.8. The van der Waals surface area contributed by atoms with Crippen LogP contribution in [-0.4, -0.2) is 10.9 Å². The summed E-state index contributed by atoms with van der Waals surface area (Å²) in [5, 5.41) is 4.97. The van der Waals surface area contributed by atoms with Gasteiger partial charge in [0, 0.05) is 24.0 Å². The first kappa shape index (κ1) is 21.2. The van der Waals surface area contributed by atoms with Crippen LogP contribution in [0.2, 0.25) is 0 Å². The number of aromatic nitrogens is 1. The number of rotatable bonds is 5. The number of carbonyl (C=O) groups is 1. The Morgan fingerprint density at radius 3 is 2.47 bits per heavy atom. The third-order valence-corrected chi connectivity index (χ3v) is 4.06. The molecule has 0 atom stereocenters. The normalized spacial score (nSPS) is 11.3. The van der Waals surface area contributed by atoms with Crippen molar-refractivity contribution in [1.29, 1.82) is 0 Å². The number of nitrogens with one attached hydrogen (secondary N) is 2. The number of benzene rings is 2. The van der Waals surface area contributed by atoms with Crippen molar-refractivity contribution in [3.63, 3.8) is 0 Å². The van der Waals surface area contributed by atoms with E-state index in [0.29, 0.717) is 0 Å². The molecular weight excluding hydrogens is 412 g/mol. The standard InChI is InChI=1S/C20H13F6N3O/c21-15-7-6-11(16(22)17(15)23)10-28-18-14(5-2-8-27-18)19(30)29-13-4-1-3-12(9-13)20(24,25)26/h1-9H,10H2,(H,27,28)(H,29,30). The summed E-state index contributed by atoms with van der Waals surface area (Å²) in [6.45, 7) is -0.316. The highest BCUT2D eigenvalue weighted by Crippen LogP contribution is 2.31. The SMILES string of the molecule is O=C(Nc1cccc(C(F)(F)F)c1)c1cccnc1NCc1ccc(F)c(F)c1F. The van der Waals surface area contributed by atoms with Gasteiger partial charge in [-0.3, -0.25) is 4.79 Å². The Bertz CT molecular complexity index is 1080. The molecule has 0 saturated carbocycles. The van der Waals surface area contributed by atoms with E-state index in [9.17, 15) is 31.1 Å². The molecule has 0 unspecified atom stereocenters. The number of hydrogen-bond donors (Lipinski definition) is 2. The fourth-order valence-corrected chi connectivity index (χ4v) is 2.58. The minimum Gasteiger partial charge on any atom is -0.365 e. The Kier molecular flexibility index (Phi) is 5.95. The number of carbonyl (C=O) groups excluding carboxylic acids is 1. The molecule has 0 aliphatic heterocycles. The molecule has 3 rings (SSSR count). The van der Waals surface area contributed by atoms with Crippen molar-refractivity contribution in [3.05, 3.63) is 88.9 Å². The zero-order valence-corrected chi connectivity index (χ0v) is 15.0. The molecule has 0 bridgehead atoms. The quantitative estimate of drug-likeness (QED) is 0.426. The average Bonchev–Trinajstić information content (AvgIpc) is 2.71. The van der Waals surface area contributed by atoms with Crippen LogP contribution < -0.4 is 10.6 Å². The number of amides is 1. The summed E-state index contributed by atoms with van der Waals surface area (Å²) < 4.78 is 78.7. The maximum Gasteiger partial charge on any atom is 0.416 e. The van der Waals surface area contributed by atoms with E-state index in [0.717, 1.165) is 30.3 Å². The van der Waals surface area contributed by atoms with Crippen LogP contribution in [0.1, 0.15) is 21.5 Å². The molecule has 0 fully saturated rings. The monoisotopic (exact) mass is 425 g/mol. The maximum absolute atomic E-state index is 13.8. The Morgan fingerprint density at radius 1 is 0.967 bits per heavy atom. The molecule has 4 nitrogen and oxygen atoms in total. The van der Waals surface area contributed by atoms with Gasteiger partial charge in [0.05, 0.1) is 11.1 Å². The minimum absolute atomic E-state index is 0.0221. The Morgan fingerprint density at radius 2 is 1.73 bits per heavy atom. The van der Waals surface area contributed by atoms with Gasteiger partial charge in [-0.25, -0.2) is 18.2 Å². The molecule has 0 spiro atoms. The molecule has 0 aliphatic rings. The van der Waals surface area contributed by atoms with Gasteiger partial charge in [0.25, 0.3) is 5.91 Å². The second-order valence-corrected chi connectivity index (χ2v) is 6.12. The Labute approximate surface area is 166 Å². The fraction of sp³-hybridized carbons (Fsp3) is 0.100. The van der Waals surface area contributed by atoms with Crippen molar-refractivity contribution in [2.24, 2.45) is 0 Å². The fourth-order valence-electron chi connectivity index (χ4n) is 2.58. The van der Waals surface area contributed by atoms with Gasteiger partial charge < -0.3 is 10.6 Å². The molecule has 156 valence electrons. The number of alkyl halides is 3. The van der Waals surface area contributed by atoms with E-state index in [1.54, 1.807) is 0 Å². The molecule has 0 radical (unpaired) electrons. The van der Waals surface area contributed by atoms with Crippen molar-refractivity contribution >= 4 is 17.4 Å². The lowest BCUT2D eigenvalue weighted by atomic mass is 10.1. The largest absolute Gasteiger partial charge is 0.416 e. The van der Waals surface area contributed by atoms with Gasteiger partial charge in [0.1, 0.15) is 5.82 Å². The molecule has 2 N–H and O–H groups in total. The first-order valence-electron chi connectivity index (χ1n) is 8.46. The summed E-state index contributed by atoms with van der Waals surface area (Å²) in [4.78, 5) is 16.5. The second kappa shape index (κ2) is 8.44. The van der Waals surface area contributed by atoms with Gasteiger partial charge in [-0.1, -0.05) is 12.1 Å². The molecule has 3 aromatic rings. The van der Waals surface area contributed by atoms with E-state index in [2.05, 4.69) is 15.6 Å². The molecule has 1 heterocycles. The summed E-state index contributed by atoms with van der Waals surface area (Å²) in [5.41, 5.74) is -1.27. The number of anilines is 2. The zero-order chi connectivity index (χ0) is 21.9. The highest BCUT2D eigenvalue weighted by molar-refractivity contribution is 6.07. The molecule has 10 heteroatoms. The first-order chi connectivity index (χ1) is 14.2. The van der Waals surface area contributed by atoms with E-state index >= 15 is 0 Å². The second-order valence-electron chi connectivity index (χ2n) is 6.12. The smallest absolute Gasteiger partial charge is 0.365 e. The topological polar surface area (TPSA) is 54.0 Å². The Hall–Kier alpha value is -3.56. The van der Waals surface area contributed by atoms with E-state index < -0.39 is 35.1 Å². The third kappa shape index (κ3) is 4.70. The highest BCUT2D eigenvalue weighted by Gasteiger charge is 2.30. The number of halogens is 6. The number of nitrogens with zero attached hydrogens (tertiary/aromatic N) is 1. The van der Waals surface area contributed by atoms with Crippen LogP contribution in [0.25, 0.3) is 0 Å². The molecule has 0 aliphatic carbocycles. The van der Waals surface area contributed by atoms with Gasteiger partial charge in [0.15, 0.2) is 17.5 Å². The van der Waals surface area contributed by atoms with E-state index in [-0.39, 0.29) is 29.2 Å². The molecule has 2 aromatic carbocycles. The lowest BCUT2D eigenvalue weighted by Crippen LogP contribution is -2.16. The van der Waals surface area contributed by atoms with Gasteiger partial charge in [-0.15, -0.1) is 0 Å². The van der Waals surface area contributed by atoms with Crippen LogP contribution >= 0.6 is 0 Å². The lowest BCUT2D eigenvalue weighted by Gasteiger charge is -2.13. The van der Waals surface area contributed by atoms with Crippen molar-refractivity contribution in [2.75, 3.05) is 10.6 Å². The van der Waals surface area contributed by atoms with Crippen LogP contribution in [-0.2, 0) is 12.7 Å². The van der Waals surface area contributed by atoms with Gasteiger partial charge in [-0.05, 0) is 36.4 Å².